The fourth-order valence-corrected chi connectivity index (χ4v) is 2.49. The molecule has 3 nitrogen and oxygen atoms in total. The number of nitrogens with zero attached hydrogens (tertiary/aromatic N) is 1. The molecular formula is C11H18N2OS. The van der Waals surface area contributed by atoms with Gasteiger partial charge in [0.05, 0.1) is 10.4 Å². The van der Waals surface area contributed by atoms with E-state index in [1.54, 1.807) is 0 Å². The molecule has 2 N–H and O–H groups in total. The molecule has 15 heavy (non-hydrogen) atoms. The average Bonchev–Trinajstić information content (AvgIpc) is 2.90. The molecule has 2 aliphatic carbocycles. The highest BCUT2D eigenvalue weighted by atomic mass is 32.1. The Balaban J connectivity index is 1.92. The lowest BCUT2D eigenvalue weighted by Crippen LogP contribution is -2.43. The molecule has 0 aromatic rings. The minimum atomic E-state index is -0.464. The van der Waals surface area contributed by atoms with E-state index in [2.05, 4.69) is 0 Å². The van der Waals surface area contributed by atoms with Crippen molar-refractivity contribution in [3.63, 3.8) is 0 Å². The van der Waals surface area contributed by atoms with Gasteiger partial charge in [0.1, 0.15) is 0 Å². The van der Waals surface area contributed by atoms with Crippen molar-refractivity contribution in [3.8, 4) is 0 Å². The summed E-state index contributed by atoms with van der Waals surface area (Å²) >= 11 is 4.98. The first-order chi connectivity index (χ1) is 7.06. The Morgan fingerprint density at radius 3 is 2.47 bits per heavy atom. The molecule has 2 saturated carbocycles. The Hall–Kier alpha value is -0.640. The number of carbonyl (C=O) groups is 1. The number of carbonyl (C=O) groups excluding carboxylic acids is 1. The van der Waals surface area contributed by atoms with E-state index in [0.717, 1.165) is 19.4 Å². The molecule has 0 heterocycles. The topological polar surface area (TPSA) is 46.3 Å². The number of hydrogen-bond donors (Lipinski definition) is 1. The maximum absolute atomic E-state index is 12.1. The first-order valence-electron chi connectivity index (χ1n) is 5.62. The Bertz CT molecular complexity index is 295. The third kappa shape index (κ3) is 1.87. The Labute approximate surface area is 96.0 Å². The molecule has 0 unspecified atom stereocenters. The predicted molar refractivity (Wildman–Crippen MR) is 63.4 cm³/mol. The molecule has 4 heteroatoms. The van der Waals surface area contributed by atoms with Gasteiger partial charge in [-0.2, -0.15) is 0 Å². The third-order valence-electron chi connectivity index (χ3n) is 3.73. The van der Waals surface area contributed by atoms with Gasteiger partial charge < -0.3 is 10.6 Å². The van der Waals surface area contributed by atoms with Gasteiger partial charge in [0.25, 0.3) is 0 Å². The highest BCUT2D eigenvalue weighted by Crippen LogP contribution is 2.47. The van der Waals surface area contributed by atoms with Gasteiger partial charge in [-0.05, 0) is 31.6 Å². The van der Waals surface area contributed by atoms with Crippen LogP contribution >= 0.6 is 12.2 Å². The van der Waals surface area contributed by atoms with Gasteiger partial charge in [-0.1, -0.05) is 18.6 Å². The molecule has 0 radical (unpaired) electrons. The van der Waals surface area contributed by atoms with Crippen molar-refractivity contribution in [2.24, 2.45) is 17.1 Å². The van der Waals surface area contributed by atoms with Gasteiger partial charge >= 0.3 is 0 Å². The molecule has 0 aromatic heterocycles. The molecule has 84 valence electrons. The lowest BCUT2D eigenvalue weighted by Gasteiger charge is -2.31. The summed E-state index contributed by atoms with van der Waals surface area (Å²) in [6.45, 7) is 0.878. The van der Waals surface area contributed by atoms with E-state index in [-0.39, 0.29) is 5.91 Å². The van der Waals surface area contributed by atoms with Crippen molar-refractivity contribution in [2.45, 2.75) is 32.1 Å². The van der Waals surface area contributed by atoms with Gasteiger partial charge in [0.2, 0.25) is 5.91 Å². The minimum absolute atomic E-state index is 0.141. The molecule has 0 aromatic carbocycles. The first kappa shape index (κ1) is 10.9. The molecule has 0 saturated heterocycles. The van der Waals surface area contributed by atoms with Crippen molar-refractivity contribution in [1.82, 2.24) is 4.90 Å². The molecule has 0 atom stereocenters. The normalized spacial score (nSPS) is 23.0. The molecule has 2 aliphatic rings. The zero-order chi connectivity index (χ0) is 11.1. The Morgan fingerprint density at radius 2 is 2.13 bits per heavy atom. The van der Waals surface area contributed by atoms with E-state index in [1.807, 2.05) is 11.9 Å². The lowest BCUT2D eigenvalue weighted by molar-refractivity contribution is -0.134. The van der Waals surface area contributed by atoms with Crippen LogP contribution in [0.2, 0.25) is 0 Å². The van der Waals surface area contributed by atoms with E-state index in [9.17, 15) is 4.79 Å². The summed E-state index contributed by atoms with van der Waals surface area (Å²) in [7, 11) is 1.87. The van der Waals surface area contributed by atoms with Crippen molar-refractivity contribution in [2.75, 3.05) is 13.6 Å². The Kier molecular flexibility index (Phi) is 2.71. The summed E-state index contributed by atoms with van der Waals surface area (Å²) < 4.78 is 0. The van der Waals surface area contributed by atoms with Gasteiger partial charge in [0, 0.05) is 13.6 Å². The molecule has 1 amide bonds. The smallest absolute Gasteiger partial charge is 0.235 e. The number of thiocarbonyl (C=S) groups is 1. The number of hydrogen-bond acceptors (Lipinski definition) is 2. The fraction of sp³-hybridized carbons (Fsp3) is 0.818. The fourth-order valence-electron chi connectivity index (χ4n) is 2.20. The summed E-state index contributed by atoms with van der Waals surface area (Å²) in [5.41, 5.74) is 5.17. The SMILES string of the molecule is CN(CC1CCC1)C(=O)C1(C(N)=S)CC1. The van der Waals surface area contributed by atoms with Crippen molar-refractivity contribution < 1.29 is 4.79 Å². The summed E-state index contributed by atoms with van der Waals surface area (Å²) in [5, 5.41) is 0. The highest BCUT2D eigenvalue weighted by Gasteiger charge is 2.54. The average molecular weight is 226 g/mol. The summed E-state index contributed by atoms with van der Waals surface area (Å²) in [5.74, 6) is 0.850. The Morgan fingerprint density at radius 1 is 1.53 bits per heavy atom. The molecule has 0 aliphatic heterocycles. The van der Waals surface area contributed by atoms with E-state index < -0.39 is 5.41 Å². The second kappa shape index (κ2) is 3.74. The summed E-state index contributed by atoms with van der Waals surface area (Å²) in [6, 6.07) is 0. The van der Waals surface area contributed by atoms with Crippen LogP contribution in [0.1, 0.15) is 32.1 Å². The zero-order valence-electron chi connectivity index (χ0n) is 9.16. The summed E-state index contributed by atoms with van der Waals surface area (Å²) in [4.78, 5) is 14.3. The van der Waals surface area contributed by atoms with Gasteiger partial charge in [-0.3, -0.25) is 4.79 Å². The lowest BCUT2D eigenvalue weighted by atomic mass is 9.85. The first-order valence-corrected chi connectivity index (χ1v) is 6.02. The van der Waals surface area contributed by atoms with E-state index in [4.69, 9.17) is 18.0 Å². The molecule has 0 spiro atoms. The van der Waals surface area contributed by atoms with E-state index in [1.165, 1.54) is 19.3 Å². The van der Waals surface area contributed by atoms with Crippen LogP contribution in [0, 0.1) is 11.3 Å². The van der Waals surface area contributed by atoms with Crippen LogP contribution in [-0.4, -0.2) is 29.4 Å². The van der Waals surface area contributed by atoms with Crippen LogP contribution in [-0.2, 0) is 4.79 Å². The molecule has 2 fully saturated rings. The standard InChI is InChI=1S/C11H18N2OS/c1-13(7-8-3-2-4-8)10(14)11(5-6-11)9(12)15/h8H,2-7H2,1H3,(H2,12,15). The maximum atomic E-state index is 12.1. The van der Waals surface area contributed by atoms with Gasteiger partial charge in [0.15, 0.2) is 0 Å². The second-order valence-electron chi connectivity index (χ2n) is 4.93. The van der Waals surface area contributed by atoms with Crippen LogP contribution in [0.15, 0.2) is 0 Å². The zero-order valence-corrected chi connectivity index (χ0v) is 9.98. The van der Waals surface area contributed by atoms with Crippen LogP contribution < -0.4 is 5.73 Å². The monoisotopic (exact) mass is 226 g/mol. The van der Waals surface area contributed by atoms with Gasteiger partial charge in [-0.25, -0.2) is 0 Å². The number of nitrogens with two attached hydrogens (primary N) is 1. The van der Waals surface area contributed by atoms with E-state index in [0.29, 0.717) is 10.9 Å². The number of amides is 1. The third-order valence-corrected chi connectivity index (χ3v) is 4.13. The van der Waals surface area contributed by atoms with Crippen LogP contribution in [0.5, 0.6) is 0 Å². The maximum Gasteiger partial charge on any atom is 0.235 e. The second-order valence-corrected chi connectivity index (χ2v) is 5.37. The summed E-state index contributed by atoms with van der Waals surface area (Å²) in [6.07, 6.45) is 5.52. The molecule has 0 bridgehead atoms. The van der Waals surface area contributed by atoms with Crippen molar-refractivity contribution >= 4 is 23.1 Å². The van der Waals surface area contributed by atoms with Gasteiger partial charge in [-0.15, -0.1) is 0 Å². The molecular weight excluding hydrogens is 208 g/mol. The minimum Gasteiger partial charge on any atom is -0.392 e. The van der Waals surface area contributed by atoms with Crippen LogP contribution in [0.3, 0.4) is 0 Å². The quantitative estimate of drug-likeness (QED) is 0.735. The van der Waals surface area contributed by atoms with Crippen molar-refractivity contribution in [3.05, 3.63) is 0 Å². The van der Waals surface area contributed by atoms with Crippen LogP contribution in [0.4, 0.5) is 0 Å². The highest BCUT2D eigenvalue weighted by molar-refractivity contribution is 7.80. The molecule has 2 rings (SSSR count). The largest absolute Gasteiger partial charge is 0.392 e. The van der Waals surface area contributed by atoms with E-state index >= 15 is 0 Å². The number of rotatable bonds is 4. The predicted octanol–water partition coefficient (Wildman–Crippen LogP) is 1.31. The van der Waals surface area contributed by atoms with Crippen LogP contribution in [0.25, 0.3) is 0 Å². The van der Waals surface area contributed by atoms with Crippen molar-refractivity contribution in [1.29, 1.82) is 0 Å².